The Bertz CT molecular complexity index is 826. The molecule has 2 rings (SSSR count). The third-order valence-electron chi connectivity index (χ3n) is 2.97. The molecule has 0 spiro atoms. The summed E-state index contributed by atoms with van der Waals surface area (Å²) in [6.07, 6.45) is 1.18. The van der Waals surface area contributed by atoms with E-state index in [0.717, 1.165) is 0 Å². The highest BCUT2D eigenvalue weighted by Crippen LogP contribution is 2.20. The molecule has 0 aliphatic heterocycles. The van der Waals surface area contributed by atoms with Gasteiger partial charge < -0.3 is 14.8 Å². The van der Waals surface area contributed by atoms with Gasteiger partial charge in [0.15, 0.2) is 6.61 Å². The number of carbonyl (C=O) groups excluding carboxylic acids is 3. The molecule has 1 aromatic heterocycles. The molecule has 1 amide bonds. The highest BCUT2D eigenvalue weighted by atomic mass is 35.5. The smallest absolute Gasteiger partial charge is 0.340 e. The van der Waals surface area contributed by atoms with Crippen molar-refractivity contribution < 1.29 is 23.9 Å². The summed E-state index contributed by atoms with van der Waals surface area (Å²) in [5.41, 5.74) is 0.474. The van der Waals surface area contributed by atoms with Gasteiger partial charge >= 0.3 is 11.9 Å². The van der Waals surface area contributed by atoms with E-state index in [4.69, 9.17) is 27.9 Å². The molecule has 0 saturated carbocycles. The second-order valence-corrected chi connectivity index (χ2v) is 5.42. The molecular formula is C16H12Cl2N2O5. The molecule has 25 heavy (non-hydrogen) atoms. The molecule has 0 bridgehead atoms. The van der Waals surface area contributed by atoms with Crippen molar-refractivity contribution in [2.45, 2.75) is 0 Å². The van der Waals surface area contributed by atoms with E-state index in [1.807, 2.05) is 0 Å². The fraction of sp³-hybridized carbons (Fsp3) is 0.125. The number of aromatic nitrogens is 1. The number of esters is 2. The fourth-order valence-corrected chi connectivity index (χ4v) is 2.08. The Morgan fingerprint density at radius 2 is 1.88 bits per heavy atom. The van der Waals surface area contributed by atoms with Crippen LogP contribution in [-0.4, -0.2) is 36.5 Å². The quantitative estimate of drug-likeness (QED) is 0.630. The van der Waals surface area contributed by atoms with Crippen LogP contribution in [-0.2, 0) is 14.3 Å². The van der Waals surface area contributed by atoms with Crippen LogP contribution in [0, 0.1) is 0 Å². The van der Waals surface area contributed by atoms with Gasteiger partial charge in [0, 0.05) is 6.20 Å². The Balaban J connectivity index is 1.98. The summed E-state index contributed by atoms with van der Waals surface area (Å²) >= 11 is 11.4. The van der Waals surface area contributed by atoms with Crippen molar-refractivity contribution in [3.8, 4) is 0 Å². The average Bonchev–Trinajstić information content (AvgIpc) is 2.61. The highest BCUT2D eigenvalue weighted by molar-refractivity contribution is 6.41. The summed E-state index contributed by atoms with van der Waals surface area (Å²) in [4.78, 5) is 39.2. The fourth-order valence-electron chi connectivity index (χ4n) is 1.81. The van der Waals surface area contributed by atoms with Crippen LogP contribution in [0.3, 0.4) is 0 Å². The van der Waals surface area contributed by atoms with Gasteiger partial charge in [-0.25, -0.2) is 14.6 Å². The number of anilines is 1. The zero-order valence-electron chi connectivity index (χ0n) is 12.9. The van der Waals surface area contributed by atoms with Gasteiger partial charge in [0.1, 0.15) is 5.15 Å². The third kappa shape index (κ3) is 4.91. The number of methoxy groups -OCH3 is 1. The van der Waals surface area contributed by atoms with E-state index < -0.39 is 24.5 Å². The summed E-state index contributed by atoms with van der Waals surface area (Å²) in [6.45, 7) is -0.561. The van der Waals surface area contributed by atoms with Gasteiger partial charge in [-0.2, -0.15) is 0 Å². The number of ether oxygens (including phenoxy) is 2. The normalized spacial score (nSPS) is 10.0. The number of carbonyl (C=O) groups is 3. The minimum absolute atomic E-state index is 0.0513. The van der Waals surface area contributed by atoms with Crippen LogP contribution in [0.15, 0.2) is 36.5 Å². The predicted molar refractivity (Wildman–Crippen MR) is 91.0 cm³/mol. The van der Waals surface area contributed by atoms with Crippen LogP contribution >= 0.6 is 23.2 Å². The minimum atomic E-state index is -0.789. The van der Waals surface area contributed by atoms with E-state index in [2.05, 4.69) is 15.0 Å². The molecule has 1 heterocycles. The highest BCUT2D eigenvalue weighted by Gasteiger charge is 2.16. The molecule has 1 aromatic carbocycles. The first-order chi connectivity index (χ1) is 11.9. The van der Waals surface area contributed by atoms with E-state index in [9.17, 15) is 14.4 Å². The first-order valence-electron chi connectivity index (χ1n) is 6.87. The topological polar surface area (TPSA) is 94.6 Å². The number of amides is 1. The van der Waals surface area contributed by atoms with Crippen molar-refractivity contribution in [3.05, 3.63) is 57.8 Å². The summed E-state index contributed by atoms with van der Waals surface area (Å²) in [5.74, 6) is -2.02. The summed E-state index contributed by atoms with van der Waals surface area (Å²) in [7, 11) is 1.23. The Morgan fingerprint density at radius 3 is 2.56 bits per heavy atom. The summed E-state index contributed by atoms with van der Waals surface area (Å²) in [5, 5.41) is 2.61. The molecule has 130 valence electrons. The van der Waals surface area contributed by atoms with Crippen LogP contribution in [0.25, 0.3) is 0 Å². The van der Waals surface area contributed by atoms with Crippen molar-refractivity contribution in [1.82, 2.24) is 4.98 Å². The van der Waals surface area contributed by atoms with Crippen LogP contribution in [0.2, 0.25) is 10.2 Å². The molecule has 0 radical (unpaired) electrons. The maximum atomic E-state index is 11.9. The molecule has 0 atom stereocenters. The summed E-state index contributed by atoms with van der Waals surface area (Å²) in [6, 6.07) is 7.56. The van der Waals surface area contributed by atoms with Crippen LogP contribution < -0.4 is 5.32 Å². The Hall–Kier alpha value is -2.64. The monoisotopic (exact) mass is 382 g/mol. The number of para-hydroxylation sites is 1. The minimum Gasteiger partial charge on any atom is -0.465 e. The molecule has 1 N–H and O–H groups in total. The maximum Gasteiger partial charge on any atom is 0.340 e. The standard InChI is InChI=1S/C16H12Cl2N2O5/c1-24-16(23)10-4-2-3-5-12(10)20-13(21)8-25-15(22)9-6-11(17)14(18)19-7-9/h2-7H,8H2,1H3,(H,20,21). The van der Waals surface area contributed by atoms with Crippen molar-refractivity contribution in [2.75, 3.05) is 19.0 Å². The number of halogens is 2. The van der Waals surface area contributed by atoms with E-state index >= 15 is 0 Å². The van der Waals surface area contributed by atoms with Gasteiger partial charge in [0.25, 0.3) is 5.91 Å². The van der Waals surface area contributed by atoms with Crippen molar-refractivity contribution in [1.29, 1.82) is 0 Å². The molecule has 2 aromatic rings. The zero-order valence-corrected chi connectivity index (χ0v) is 14.4. The zero-order chi connectivity index (χ0) is 18.4. The molecule has 9 heteroatoms. The number of rotatable bonds is 5. The second kappa shape index (κ2) is 8.46. The Kier molecular flexibility index (Phi) is 6.32. The van der Waals surface area contributed by atoms with E-state index in [0.29, 0.717) is 0 Å². The van der Waals surface area contributed by atoms with E-state index in [-0.39, 0.29) is 27.0 Å². The molecule has 0 fully saturated rings. The maximum absolute atomic E-state index is 11.9. The molecule has 0 unspecified atom stereocenters. The van der Waals surface area contributed by atoms with Crippen molar-refractivity contribution in [3.63, 3.8) is 0 Å². The van der Waals surface area contributed by atoms with Crippen LogP contribution in [0.5, 0.6) is 0 Å². The lowest BCUT2D eigenvalue weighted by Crippen LogP contribution is -2.22. The molecule has 0 aliphatic carbocycles. The van der Waals surface area contributed by atoms with Gasteiger partial charge in [-0.1, -0.05) is 35.3 Å². The van der Waals surface area contributed by atoms with Crippen molar-refractivity contribution >= 4 is 46.7 Å². The first kappa shape index (κ1) is 18.7. The van der Waals surface area contributed by atoms with Gasteiger partial charge in [-0.15, -0.1) is 0 Å². The number of hydrogen-bond acceptors (Lipinski definition) is 6. The second-order valence-electron chi connectivity index (χ2n) is 4.66. The molecule has 0 aliphatic rings. The third-order valence-corrected chi connectivity index (χ3v) is 3.66. The molecule has 7 nitrogen and oxygen atoms in total. The SMILES string of the molecule is COC(=O)c1ccccc1NC(=O)COC(=O)c1cnc(Cl)c(Cl)c1. The number of hydrogen-bond donors (Lipinski definition) is 1. The first-order valence-corrected chi connectivity index (χ1v) is 7.63. The van der Waals surface area contributed by atoms with Gasteiger partial charge in [0.05, 0.1) is 28.9 Å². The van der Waals surface area contributed by atoms with Crippen LogP contribution in [0.1, 0.15) is 20.7 Å². The molecule has 0 saturated heterocycles. The summed E-state index contributed by atoms with van der Waals surface area (Å²) < 4.78 is 9.50. The lowest BCUT2D eigenvalue weighted by molar-refractivity contribution is -0.119. The van der Waals surface area contributed by atoms with Crippen molar-refractivity contribution in [2.24, 2.45) is 0 Å². The Labute approximate surface area is 152 Å². The number of benzene rings is 1. The molecular weight excluding hydrogens is 371 g/mol. The van der Waals surface area contributed by atoms with E-state index in [1.165, 1.54) is 31.5 Å². The average molecular weight is 383 g/mol. The predicted octanol–water partition coefficient (Wildman–Crippen LogP) is 2.97. The number of nitrogens with one attached hydrogen (secondary N) is 1. The van der Waals surface area contributed by atoms with Crippen LogP contribution in [0.4, 0.5) is 5.69 Å². The van der Waals surface area contributed by atoms with Gasteiger partial charge in [-0.05, 0) is 18.2 Å². The van der Waals surface area contributed by atoms with Gasteiger partial charge in [-0.3, -0.25) is 4.79 Å². The van der Waals surface area contributed by atoms with E-state index in [1.54, 1.807) is 12.1 Å². The largest absolute Gasteiger partial charge is 0.465 e. The number of nitrogens with zero attached hydrogens (tertiary/aromatic N) is 1. The lowest BCUT2D eigenvalue weighted by atomic mass is 10.2. The lowest BCUT2D eigenvalue weighted by Gasteiger charge is -2.10. The van der Waals surface area contributed by atoms with Gasteiger partial charge in [0.2, 0.25) is 0 Å². The Morgan fingerprint density at radius 1 is 1.16 bits per heavy atom. The number of pyridine rings is 1.